The maximum absolute atomic E-state index is 13.1. The predicted molar refractivity (Wildman–Crippen MR) is 134 cm³/mol. The Balaban J connectivity index is 2.09. The van der Waals surface area contributed by atoms with Crippen LogP contribution in [0.4, 0.5) is 0 Å². The summed E-state index contributed by atoms with van der Waals surface area (Å²) in [6.07, 6.45) is 0.816. The summed E-state index contributed by atoms with van der Waals surface area (Å²) in [4.78, 5) is 27.5. The first kappa shape index (κ1) is 26.4. The highest BCUT2D eigenvalue weighted by atomic mass is 35.5. The quantitative estimate of drug-likeness (QED) is 0.441. The minimum atomic E-state index is -0.618. The molecule has 32 heavy (non-hydrogen) atoms. The molecule has 0 fully saturated rings. The second-order valence-corrected chi connectivity index (χ2v) is 9.40. The molecule has 2 rings (SSSR count). The van der Waals surface area contributed by atoms with Crippen LogP contribution in [0.5, 0.6) is 5.75 Å². The molecule has 0 aromatic heterocycles. The SMILES string of the molecule is CCC(C)NC(=O)C(C)N(Cc1ccc(Cl)c(Cl)c1)C(=O)CSCc1ccc(OC)cc1. The van der Waals surface area contributed by atoms with E-state index >= 15 is 0 Å². The van der Waals surface area contributed by atoms with Crippen LogP contribution in [0.2, 0.25) is 10.0 Å². The Morgan fingerprint density at radius 3 is 2.31 bits per heavy atom. The largest absolute Gasteiger partial charge is 0.497 e. The first-order valence-corrected chi connectivity index (χ1v) is 12.4. The molecule has 2 atom stereocenters. The van der Waals surface area contributed by atoms with Gasteiger partial charge in [-0.2, -0.15) is 0 Å². The average Bonchev–Trinajstić information content (AvgIpc) is 2.79. The van der Waals surface area contributed by atoms with Gasteiger partial charge >= 0.3 is 0 Å². The van der Waals surface area contributed by atoms with Gasteiger partial charge in [-0.1, -0.05) is 48.3 Å². The molecule has 0 bridgehead atoms. The van der Waals surface area contributed by atoms with Gasteiger partial charge in [-0.15, -0.1) is 11.8 Å². The summed E-state index contributed by atoms with van der Waals surface area (Å²) in [6.45, 7) is 5.97. The van der Waals surface area contributed by atoms with Crippen LogP contribution in [0.3, 0.4) is 0 Å². The van der Waals surface area contributed by atoms with E-state index in [-0.39, 0.29) is 30.2 Å². The zero-order valence-corrected chi connectivity index (χ0v) is 21.2. The third-order valence-corrected chi connectivity index (χ3v) is 6.89. The number of ether oxygens (including phenoxy) is 1. The van der Waals surface area contributed by atoms with Crippen LogP contribution in [-0.2, 0) is 21.9 Å². The molecule has 1 N–H and O–H groups in total. The van der Waals surface area contributed by atoms with Gasteiger partial charge < -0.3 is 15.0 Å². The third kappa shape index (κ3) is 7.91. The van der Waals surface area contributed by atoms with Crippen LogP contribution >= 0.6 is 35.0 Å². The first-order chi connectivity index (χ1) is 15.2. The van der Waals surface area contributed by atoms with Gasteiger partial charge in [0.25, 0.3) is 0 Å². The zero-order chi connectivity index (χ0) is 23.7. The molecule has 2 unspecified atom stereocenters. The molecule has 2 amide bonds. The van der Waals surface area contributed by atoms with Crippen molar-refractivity contribution in [3.8, 4) is 5.75 Å². The van der Waals surface area contributed by atoms with Crippen molar-refractivity contribution in [2.45, 2.75) is 51.6 Å². The van der Waals surface area contributed by atoms with Crippen molar-refractivity contribution in [3.63, 3.8) is 0 Å². The molecule has 0 spiro atoms. The summed E-state index contributed by atoms with van der Waals surface area (Å²) in [7, 11) is 1.63. The third-order valence-electron chi connectivity index (χ3n) is 5.16. The number of carbonyl (C=O) groups excluding carboxylic acids is 2. The highest BCUT2D eigenvalue weighted by Crippen LogP contribution is 2.24. The molecule has 0 heterocycles. The minimum absolute atomic E-state index is 0.0383. The summed E-state index contributed by atoms with van der Waals surface area (Å²) in [5.41, 5.74) is 1.92. The minimum Gasteiger partial charge on any atom is -0.497 e. The lowest BCUT2D eigenvalue weighted by Crippen LogP contribution is -2.50. The van der Waals surface area contributed by atoms with Crippen LogP contribution < -0.4 is 10.1 Å². The molecule has 8 heteroatoms. The Morgan fingerprint density at radius 1 is 1.06 bits per heavy atom. The van der Waals surface area contributed by atoms with Gasteiger partial charge in [0, 0.05) is 18.3 Å². The Kier molecular flexibility index (Phi) is 10.7. The number of thioether (sulfide) groups is 1. The molecule has 2 aromatic rings. The van der Waals surface area contributed by atoms with Gasteiger partial charge in [-0.3, -0.25) is 9.59 Å². The number of hydrogen-bond acceptors (Lipinski definition) is 4. The van der Waals surface area contributed by atoms with E-state index in [1.54, 1.807) is 31.1 Å². The van der Waals surface area contributed by atoms with Gasteiger partial charge in [-0.25, -0.2) is 0 Å². The van der Waals surface area contributed by atoms with E-state index < -0.39 is 6.04 Å². The topological polar surface area (TPSA) is 58.6 Å². The van der Waals surface area contributed by atoms with Crippen molar-refractivity contribution in [2.24, 2.45) is 0 Å². The Bertz CT molecular complexity index is 909. The van der Waals surface area contributed by atoms with E-state index in [9.17, 15) is 9.59 Å². The van der Waals surface area contributed by atoms with Crippen molar-refractivity contribution in [3.05, 3.63) is 63.6 Å². The van der Waals surface area contributed by atoms with E-state index in [4.69, 9.17) is 27.9 Å². The maximum Gasteiger partial charge on any atom is 0.242 e. The normalized spacial score (nSPS) is 12.7. The smallest absolute Gasteiger partial charge is 0.242 e. The number of rotatable bonds is 11. The lowest BCUT2D eigenvalue weighted by atomic mass is 10.1. The molecule has 0 aliphatic heterocycles. The monoisotopic (exact) mass is 496 g/mol. The average molecular weight is 497 g/mol. The molecular formula is C24H30Cl2N2O3S. The summed E-state index contributed by atoms with van der Waals surface area (Å²) in [5, 5.41) is 3.83. The molecule has 174 valence electrons. The van der Waals surface area contributed by atoms with Crippen molar-refractivity contribution in [2.75, 3.05) is 12.9 Å². The number of nitrogens with one attached hydrogen (secondary N) is 1. The van der Waals surface area contributed by atoms with Gasteiger partial charge in [0.15, 0.2) is 0 Å². The number of halogens is 2. The lowest BCUT2D eigenvalue weighted by Gasteiger charge is -2.29. The number of amides is 2. The summed E-state index contributed by atoms with van der Waals surface area (Å²) in [6, 6.07) is 12.4. The molecule has 2 aromatic carbocycles. The fourth-order valence-electron chi connectivity index (χ4n) is 2.94. The van der Waals surface area contributed by atoms with Gasteiger partial charge in [0.1, 0.15) is 11.8 Å². The fourth-order valence-corrected chi connectivity index (χ4v) is 4.14. The van der Waals surface area contributed by atoms with E-state index in [2.05, 4.69) is 5.32 Å². The van der Waals surface area contributed by atoms with Gasteiger partial charge in [0.05, 0.1) is 22.9 Å². The maximum atomic E-state index is 13.1. The van der Waals surface area contributed by atoms with Crippen LogP contribution in [0.15, 0.2) is 42.5 Å². The van der Waals surface area contributed by atoms with Crippen LogP contribution in [0.25, 0.3) is 0 Å². The number of carbonyl (C=O) groups is 2. The second-order valence-electron chi connectivity index (χ2n) is 7.60. The molecule has 0 saturated heterocycles. The Labute approximate surface area is 204 Å². The van der Waals surface area contributed by atoms with Crippen molar-refractivity contribution in [1.82, 2.24) is 10.2 Å². The van der Waals surface area contributed by atoms with Crippen molar-refractivity contribution in [1.29, 1.82) is 0 Å². The van der Waals surface area contributed by atoms with E-state index in [0.717, 1.165) is 23.3 Å². The highest BCUT2D eigenvalue weighted by Gasteiger charge is 2.26. The molecule has 0 radical (unpaired) electrons. The molecule has 0 aliphatic carbocycles. The van der Waals surface area contributed by atoms with Crippen LogP contribution in [-0.4, -0.2) is 41.7 Å². The summed E-state index contributed by atoms with van der Waals surface area (Å²) < 4.78 is 5.18. The van der Waals surface area contributed by atoms with Crippen molar-refractivity contribution < 1.29 is 14.3 Å². The first-order valence-electron chi connectivity index (χ1n) is 10.5. The van der Waals surface area contributed by atoms with E-state index in [1.165, 1.54) is 11.8 Å². The van der Waals surface area contributed by atoms with Crippen LogP contribution in [0.1, 0.15) is 38.3 Å². The fraction of sp³-hybridized carbons (Fsp3) is 0.417. The van der Waals surface area contributed by atoms with E-state index in [1.807, 2.05) is 44.2 Å². The summed E-state index contributed by atoms with van der Waals surface area (Å²) >= 11 is 13.7. The van der Waals surface area contributed by atoms with Gasteiger partial charge in [0.2, 0.25) is 11.8 Å². The Hall–Kier alpha value is -1.89. The molecule has 0 saturated carbocycles. The zero-order valence-electron chi connectivity index (χ0n) is 18.9. The van der Waals surface area contributed by atoms with Crippen LogP contribution in [0, 0.1) is 0 Å². The lowest BCUT2D eigenvalue weighted by molar-refractivity contribution is -0.138. The summed E-state index contributed by atoms with van der Waals surface area (Å²) in [5.74, 6) is 1.45. The molecule has 5 nitrogen and oxygen atoms in total. The number of nitrogens with zero attached hydrogens (tertiary/aromatic N) is 1. The standard InChI is InChI=1S/C24H30Cl2N2O3S/c1-5-16(2)27-24(30)17(3)28(13-19-8-11-21(25)22(26)12-19)23(29)15-32-14-18-6-9-20(31-4)10-7-18/h6-12,16-17H,5,13-15H2,1-4H3,(H,27,30). The molecule has 0 aliphatic rings. The number of methoxy groups -OCH3 is 1. The highest BCUT2D eigenvalue weighted by molar-refractivity contribution is 7.99. The Morgan fingerprint density at radius 2 is 1.72 bits per heavy atom. The van der Waals surface area contributed by atoms with Gasteiger partial charge in [-0.05, 0) is 55.7 Å². The second kappa shape index (κ2) is 13.0. The van der Waals surface area contributed by atoms with E-state index in [0.29, 0.717) is 15.8 Å². The number of hydrogen-bond donors (Lipinski definition) is 1. The molecular weight excluding hydrogens is 467 g/mol. The predicted octanol–water partition coefficient (Wildman–Crippen LogP) is 5.57. The van der Waals surface area contributed by atoms with Crippen molar-refractivity contribution >= 4 is 46.8 Å². The number of benzene rings is 2.